The van der Waals surface area contributed by atoms with Crippen LogP contribution in [0.15, 0.2) is 53.1 Å². The number of imidazole rings is 1. The van der Waals surface area contributed by atoms with Crippen LogP contribution in [-0.4, -0.2) is 43.6 Å². The van der Waals surface area contributed by atoms with Gasteiger partial charge in [0.05, 0.1) is 35.7 Å². The molecule has 1 amide bonds. The highest BCUT2D eigenvalue weighted by molar-refractivity contribution is 9.10. The van der Waals surface area contributed by atoms with Crippen LogP contribution >= 0.6 is 15.9 Å². The molecule has 1 fully saturated rings. The number of hydrogen-bond acceptors (Lipinski definition) is 4. The Morgan fingerprint density at radius 1 is 1.21 bits per heavy atom. The Bertz CT molecular complexity index is 1570. The van der Waals surface area contributed by atoms with E-state index in [2.05, 4.69) is 48.7 Å². The van der Waals surface area contributed by atoms with Crippen LogP contribution in [0.5, 0.6) is 5.75 Å². The average Bonchev–Trinajstić information content (AvgIpc) is 3.52. The van der Waals surface area contributed by atoms with Crippen LogP contribution in [-0.2, 0) is 4.74 Å². The summed E-state index contributed by atoms with van der Waals surface area (Å²) in [4.78, 5) is 21.3. The lowest BCUT2D eigenvalue weighted by atomic mass is 10.0. The lowest BCUT2D eigenvalue weighted by molar-refractivity contribution is -0.00248. The largest absolute Gasteiger partial charge is 0.470 e. The van der Waals surface area contributed by atoms with Crippen molar-refractivity contribution in [1.29, 1.82) is 0 Å². The number of halogens is 3. The monoisotopic (exact) mass is 584 g/mol. The second-order valence-electron chi connectivity index (χ2n) is 10.9. The molecule has 7 nitrogen and oxygen atoms in total. The highest BCUT2D eigenvalue weighted by Crippen LogP contribution is 2.45. The van der Waals surface area contributed by atoms with E-state index in [0.29, 0.717) is 11.5 Å². The lowest BCUT2D eigenvalue weighted by Gasteiger charge is -2.28. The van der Waals surface area contributed by atoms with E-state index in [0.717, 1.165) is 42.8 Å². The van der Waals surface area contributed by atoms with Crippen LogP contribution in [0.2, 0.25) is 0 Å². The van der Waals surface area contributed by atoms with Crippen molar-refractivity contribution in [3.63, 3.8) is 0 Å². The predicted octanol–water partition coefficient (Wildman–Crippen LogP) is 7.69. The molecule has 198 valence electrons. The highest BCUT2D eigenvalue weighted by Gasteiger charge is 2.50. The maximum atomic E-state index is 14.4. The van der Waals surface area contributed by atoms with Crippen LogP contribution in [0, 0.1) is 0 Å². The van der Waals surface area contributed by atoms with Gasteiger partial charge in [0.25, 0.3) is 5.92 Å². The van der Waals surface area contributed by atoms with Gasteiger partial charge < -0.3 is 19.0 Å². The van der Waals surface area contributed by atoms with Gasteiger partial charge in [-0.25, -0.2) is 18.6 Å². The number of carbonyl (C=O) groups excluding carboxylic acids is 1. The SMILES string of the molecule is CC1Oc2cc(-c3cnc(C4CC(F)(F)CN4C(=O)OC(C)(C)C)[nH]3)ccc2-c2cc3cc(Br)ccc3n21. The molecule has 0 radical (unpaired) electrons. The smallest absolute Gasteiger partial charge is 0.411 e. The maximum absolute atomic E-state index is 14.4. The summed E-state index contributed by atoms with van der Waals surface area (Å²) in [5.41, 5.74) is 3.77. The molecule has 4 aromatic rings. The maximum Gasteiger partial charge on any atom is 0.411 e. The summed E-state index contributed by atoms with van der Waals surface area (Å²) in [5.74, 6) is -2.01. The Kier molecular flexibility index (Phi) is 5.61. The number of H-pyrrole nitrogens is 1. The molecule has 0 aliphatic carbocycles. The Morgan fingerprint density at radius 2 is 2.00 bits per heavy atom. The molecule has 2 unspecified atom stereocenters. The average molecular weight is 585 g/mol. The van der Waals surface area contributed by atoms with Crippen LogP contribution in [0.25, 0.3) is 33.4 Å². The van der Waals surface area contributed by atoms with Crippen molar-refractivity contribution in [2.45, 2.75) is 57.9 Å². The topological polar surface area (TPSA) is 72.4 Å². The number of carbonyl (C=O) groups is 1. The van der Waals surface area contributed by atoms with Crippen molar-refractivity contribution in [2.75, 3.05) is 6.54 Å². The predicted molar refractivity (Wildman–Crippen MR) is 143 cm³/mol. The molecule has 2 aromatic carbocycles. The number of amides is 1. The second-order valence-corrected chi connectivity index (χ2v) is 11.8. The zero-order valence-corrected chi connectivity index (χ0v) is 23.0. The van der Waals surface area contributed by atoms with E-state index in [1.165, 1.54) is 0 Å². The van der Waals surface area contributed by atoms with Crippen molar-refractivity contribution in [1.82, 2.24) is 19.4 Å². The fourth-order valence-electron chi connectivity index (χ4n) is 5.27. The van der Waals surface area contributed by atoms with E-state index in [-0.39, 0.29) is 6.23 Å². The molecule has 2 aromatic heterocycles. The summed E-state index contributed by atoms with van der Waals surface area (Å²) in [6.45, 7) is 6.40. The summed E-state index contributed by atoms with van der Waals surface area (Å²) in [6, 6.07) is 13.3. The molecule has 10 heteroatoms. The first-order valence-corrected chi connectivity index (χ1v) is 13.2. The number of nitrogens with one attached hydrogen (secondary N) is 1. The van der Waals surface area contributed by atoms with Crippen molar-refractivity contribution >= 4 is 32.9 Å². The van der Waals surface area contributed by atoms with Gasteiger partial charge in [-0.1, -0.05) is 22.0 Å². The highest BCUT2D eigenvalue weighted by atomic mass is 79.9. The molecule has 0 saturated carbocycles. The minimum absolute atomic E-state index is 0.216. The molecule has 38 heavy (non-hydrogen) atoms. The lowest BCUT2D eigenvalue weighted by Crippen LogP contribution is -2.38. The van der Waals surface area contributed by atoms with Crippen molar-refractivity contribution in [3.8, 4) is 28.3 Å². The number of ether oxygens (including phenoxy) is 2. The van der Waals surface area contributed by atoms with Gasteiger partial charge in [-0.05, 0) is 64.1 Å². The van der Waals surface area contributed by atoms with Crippen LogP contribution < -0.4 is 4.74 Å². The van der Waals surface area contributed by atoms with Crippen LogP contribution in [0.4, 0.5) is 13.6 Å². The molecular weight excluding hydrogens is 558 g/mol. The number of likely N-dealkylation sites (tertiary alicyclic amines) is 1. The molecule has 2 aliphatic heterocycles. The van der Waals surface area contributed by atoms with E-state index < -0.39 is 36.6 Å². The zero-order chi connectivity index (χ0) is 27.0. The number of aromatic nitrogens is 3. The minimum atomic E-state index is -3.03. The molecule has 2 aliphatic rings. The normalized spacial score (nSPS) is 20.2. The number of hydrogen-bond donors (Lipinski definition) is 1. The second kappa shape index (κ2) is 8.56. The zero-order valence-electron chi connectivity index (χ0n) is 21.4. The molecule has 0 spiro atoms. The Hall–Kier alpha value is -3.40. The molecule has 2 atom stereocenters. The molecule has 1 saturated heterocycles. The first kappa shape index (κ1) is 24.9. The van der Waals surface area contributed by atoms with Crippen molar-refractivity contribution in [2.24, 2.45) is 0 Å². The Labute approximate surface area is 226 Å². The van der Waals surface area contributed by atoms with Gasteiger partial charge in [-0.3, -0.25) is 4.90 Å². The quantitative estimate of drug-likeness (QED) is 0.262. The van der Waals surface area contributed by atoms with E-state index in [9.17, 15) is 13.6 Å². The molecule has 0 bridgehead atoms. The summed E-state index contributed by atoms with van der Waals surface area (Å²) < 4.78 is 43.6. The summed E-state index contributed by atoms with van der Waals surface area (Å²) in [6.07, 6.45) is 0.0785. The van der Waals surface area contributed by atoms with E-state index >= 15 is 0 Å². The van der Waals surface area contributed by atoms with Crippen molar-refractivity contribution in [3.05, 3.63) is 59.0 Å². The third-order valence-electron chi connectivity index (χ3n) is 6.84. The number of benzene rings is 2. The molecule has 1 N–H and O–H groups in total. The third kappa shape index (κ3) is 4.34. The Balaban J connectivity index is 1.32. The number of alkyl halides is 2. The standard InChI is InChI=1S/C28H27BrF2N4O3/c1-15-35-21-8-6-18(29)9-17(21)10-22(35)19-7-5-16(11-24(19)37-15)20-13-32-25(33-20)23-12-28(30,31)14-34(23)26(36)38-27(2,3)4/h5-11,13,15,23H,12,14H2,1-4H3,(H,32,33). The van der Waals surface area contributed by atoms with Crippen molar-refractivity contribution < 1.29 is 23.0 Å². The van der Waals surface area contributed by atoms with E-state index in [4.69, 9.17) is 9.47 Å². The number of aromatic amines is 1. The fraction of sp³-hybridized carbons (Fsp3) is 0.357. The Morgan fingerprint density at radius 3 is 2.76 bits per heavy atom. The first-order valence-electron chi connectivity index (χ1n) is 12.4. The van der Waals surface area contributed by atoms with Gasteiger partial charge >= 0.3 is 6.09 Å². The first-order chi connectivity index (χ1) is 17.9. The third-order valence-corrected chi connectivity index (χ3v) is 7.33. The fourth-order valence-corrected chi connectivity index (χ4v) is 5.65. The summed E-state index contributed by atoms with van der Waals surface area (Å²) in [5, 5.41) is 1.11. The minimum Gasteiger partial charge on any atom is -0.470 e. The van der Waals surface area contributed by atoms with E-state index in [1.807, 2.05) is 31.2 Å². The number of fused-ring (bicyclic) bond motifs is 5. The molecule has 6 rings (SSSR count). The van der Waals surface area contributed by atoms with Crippen LogP contribution in [0.1, 0.15) is 52.2 Å². The molecular formula is C28H27BrF2N4O3. The number of rotatable bonds is 2. The van der Waals surface area contributed by atoms with Gasteiger partial charge in [-0.2, -0.15) is 0 Å². The van der Waals surface area contributed by atoms with Gasteiger partial charge in [0, 0.05) is 27.4 Å². The van der Waals surface area contributed by atoms with Gasteiger partial charge in [0.2, 0.25) is 0 Å². The van der Waals surface area contributed by atoms with Crippen LogP contribution in [0.3, 0.4) is 0 Å². The van der Waals surface area contributed by atoms with Gasteiger partial charge in [0.1, 0.15) is 17.2 Å². The van der Waals surface area contributed by atoms with E-state index in [1.54, 1.807) is 27.0 Å². The summed E-state index contributed by atoms with van der Waals surface area (Å²) in [7, 11) is 0. The van der Waals surface area contributed by atoms with Gasteiger partial charge in [-0.15, -0.1) is 0 Å². The molecule has 4 heterocycles. The number of nitrogens with zero attached hydrogens (tertiary/aromatic N) is 3. The van der Waals surface area contributed by atoms with Gasteiger partial charge in [0.15, 0.2) is 6.23 Å². The summed E-state index contributed by atoms with van der Waals surface area (Å²) >= 11 is 3.54.